The smallest absolute Gasteiger partial charge is 0.261 e. The molecule has 2 aromatic carbocycles. The summed E-state index contributed by atoms with van der Waals surface area (Å²) in [6.07, 6.45) is 16.6. The molecule has 5 rings (SSSR count). The molecule has 184 valence electrons. The number of aliphatic imine (C=N–C) groups is 1. The Morgan fingerprint density at radius 2 is 1.54 bits per heavy atom. The van der Waals surface area contributed by atoms with Gasteiger partial charge in [-0.2, -0.15) is 0 Å². The second-order valence-electron chi connectivity index (χ2n) is 10.8. The molecule has 1 heterocycles. The van der Waals surface area contributed by atoms with Gasteiger partial charge >= 0.3 is 0 Å². The molecule has 2 fully saturated rings. The molecule has 2 N–H and O–H groups in total. The molecule has 2 saturated carbocycles. The molecule has 1 aliphatic heterocycles. The van der Waals surface area contributed by atoms with Crippen molar-refractivity contribution in [2.75, 3.05) is 0 Å². The van der Waals surface area contributed by atoms with E-state index in [1.54, 1.807) is 4.90 Å². The highest BCUT2D eigenvalue weighted by atomic mass is 16.2. The monoisotopic (exact) mass is 469 g/mol. The Bertz CT molecular complexity index is 1060. The van der Waals surface area contributed by atoms with E-state index in [0.717, 1.165) is 31.2 Å². The predicted octanol–water partition coefficient (Wildman–Crippen LogP) is 7.00. The highest BCUT2D eigenvalue weighted by Crippen LogP contribution is 2.37. The zero-order valence-electron chi connectivity index (χ0n) is 20.9. The molecule has 2 aliphatic carbocycles. The minimum Gasteiger partial charge on any atom is -0.369 e. The van der Waals surface area contributed by atoms with Crippen LogP contribution in [0.5, 0.6) is 0 Å². The second kappa shape index (κ2) is 10.8. The highest BCUT2D eigenvalue weighted by Gasteiger charge is 2.46. The van der Waals surface area contributed by atoms with Crippen LogP contribution in [0.15, 0.2) is 71.2 Å². The van der Waals surface area contributed by atoms with Gasteiger partial charge in [0.05, 0.1) is 6.54 Å². The lowest BCUT2D eigenvalue weighted by Crippen LogP contribution is -2.43. The quantitative estimate of drug-likeness (QED) is 0.444. The maximum atomic E-state index is 14.0. The normalized spacial score (nSPS) is 23.4. The van der Waals surface area contributed by atoms with Crippen molar-refractivity contribution in [1.82, 2.24) is 4.90 Å². The minimum absolute atomic E-state index is 0.0658. The van der Waals surface area contributed by atoms with Crippen molar-refractivity contribution < 1.29 is 4.79 Å². The van der Waals surface area contributed by atoms with E-state index in [1.807, 2.05) is 6.07 Å². The van der Waals surface area contributed by atoms with Crippen LogP contribution in [0.1, 0.15) is 82.6 Å². The molecule has 0 spiro atoms. The molecule has 0 bridgehead atoms. The number of carbonyl (C=O) groups is 1. The summed E-state index contributed by atoms with van der Waals surface area (Å²) in [6.45, 7) is 0.470. The number of hydrogen-bond acceptors (Lipinski definition) is 3. The molecule has 0 radical (unpaired) electrons. The van der Waals surface area contributed by atoms with Gasteiger partial charge in [-0.15, -0.1) is 0 Å². The number of carbonyl (C=O) groups excluding carboxylic acids is 1. The fourth-order valence-corrected chi connectivity index (χ4v) is 6.14. The number of rotatable bonds is 7. The Hall–Kier alpha value is -2.88. The van der Waals surface area contributed by atoms with Crippen LogP contribution >= 0.6 is 0 Å². The average molecular weight is 470 g/mol. The first kappa shape index (κ1) is 23.8. The van der Waals surface area contributed by atoms with Crippen molar-refractivity contribution >= 4 is 11.9 Å². The van der Waals surface area contributed by atoms with Gasteiger partial charge in [-0.25, -0.2) is 4.99 Å². The molecule has 0 aromatic heterocycles. The topological polar surface area (TPSA) is 58.7 Å². The number of amides is 1. The molecule has 1 amide bonds. The van der Waals surface area contributed by atoms with Crippen LogP contribution in [0.2, 0.25) is 0 Å². The lowest BCUT2D eigenvalue weighted by atomic mass is 9.80. The molecule has 3 aliphatic rings. The summed E-state index contributed by atoms with van der Waals surface area (Å²) >= 11 is 0. The van der Waals surface area contributed by atoms with Gasteiger partial charge in [0.2, 0.25) is 0 Å². The van der Waals surface area contributed by atoms with Crippen molar-refractivity contribution in [3.8, 4) is 11.1 Å². The Balaban J connectivity index is 1.34. The number of hydrogen-bond donors (Lipinski definition) is 1. The maximum Gasteiger partial charge on any atom is 0.261 e. The van der Waals surface area contributed by atoms with Crippen molar-refractivity contribution in [2.24, 2.45) is 16.6 Å². The molecule has 0 saturated heterocycles. The molecule has 35 heavy (non-hydrogen) atoms. The third-order valence-corrected chi connectivity index (χ3v) is 8.21. The summed E-state index contributed by atoms with van der Waals surface area (Å²) in [5.74, 6) is 1.16. The lowest BCUT2D eigenvalue weighted by molar-refractivity contribution is -0.130. The summed E-state index contributed by atoms with van der Waals surface area (Å²) in [5.41, 5.74) is 10.5. The van der Waals surface area contributed by atoms with Crippen LogP contribution in [0.25, 0.3) is 11.1 Å². The summed E-state index contributed by atoms with van der Waals surface area (Å²) in [5, 5.41) is 0. The number of nitrogens with zero attached hydrogens (tertiary/aromatic N) is 2. The molecule has 4 heteroatoms. The number of allylic oxidation sites excluding steroid dienone is 1. The molecule has 1 atom stereocenters. The second-order valence-corrected chi connectivity index (χ2v) is 10.8. The Morgan fingerprint density at radius 1 is 0.886 bits per heavy atom. The van der Waals surface area contributed by atoms with Gasteiger partial charge in [-0.05, 0) is 67.2 Å². The van der Waals surface area contributed by atoms with Gasteiger partial charge in [-0.3, -0.25) is 9.69 Å². The van der Waals surface area contributed by atoms with E-state index in [0.29, 0.717) is 18.4 Å². The summed E-state index contributed by atoms with van der Waals surface area (Å²) < 4.78 is 0. The maximum absolute atomic E-state index is 14.0. The number of guanidine groups is 1. The van der Waals surface area contributed by atoms with E-state index < -0.39 is 5.54 Å². The van der Waals surface area contributed by atoms with Crippen molar-refractivity contribution in [3.05, 3.63) is 71.8 Å². The van der Waals surface area contributed by atoms with Crippen LogP contribution in [-0.4, -0.2) is 22.3 Å². The minimum atomic E-state index is -0.807. The zero-order chi connectivity index (χ0) is 24.1. The largest absolute Gasteiger partial charge is 0.369 e. The van der Waals surface area contributed by atoms with Crippen LogP contribution in [0, 0.1) is 5.92 Å². The third kappa shape index (κ3) is 5.52. The number of benzene rings is 2. The molecule has 4 nitrogen and oxygen atoms in total. The Morgan fingerprint density at radius 3 is 2.26 bits per heavy atom. The van der Waals surface area contributed by atoms with E-state index in [9.17, 15) is 4.79 Å². The van der Waals surface area contributed by atoms with Crippen LogP contribution in [-0.2, 0) is 11.3 Å². The highest BCUT2D eigenvalue weighted by molar-refractivity contribution is 6.08. The molecule has 2 aromatic rings. The van der Waals surface area contributed by atoms with Gasteiger partial charge < -0.3 is 5.73 Å². The van der Waals surface area contributed by atoms with E-state index in [2.05, 4.69) is 54.6 Å². The summed E-state index contributed by atoms with van der Waals surface area (Å²) in [7, 11) is 0. The fraction of sp³-hybridized carbons (Fsp3) is 0.484. The first-order chi connectivity index (χ1) is 17.1. The van der Waals surface area contributed by atoms with Gasteiger partial charge in [0.1, 0.15) is 0 Å². The first-order valence-corrected chi connectivity index (χ1v) is 13.7. The van der Waals surface area contributed by atoms with Gasteiger partial charge in [0, 0.05) is 0 Å². The van der Waals surface area contributed by atoms with Crippen LogP contribution < -0.4 is 5.73 Å². The van der Waals surface area contributed by atoms with Gasteiger partial charge in [0.15, 0.2) is 11.5 Å². The predicted molar refractivity (Wildman–Crippen MR) is 144 cm³/mol. The molecular formula is C31H39N3O. The SMILES string of the molecule is NC1=N[C@@](C=C2CCCCC2)(CCC2CCCCC2)C(=O)N1Cc1ccc(-c2ccccc2)cc1. The molecule has 0 unspecified atom stereocenters. The standard InChI is InChI=1S/C31H39N3O/c32-30-33-31(22-25-12-6-2-7-13-25,21-20-24-10-4-1-5-11-24)29(35)34(30)23-26-16-18-28(19-17-26)27-14-8-3-9-15-27/h3,8-9,14-19,22,24H,1-2,4-7,10-13,20-21,23H2,(H2,32,33)/t31-/m1/s1. The lowest BCUT2D eigenvalue weighted by Gasteiger charge is -2.28. The summed E-state index contributed by atoms with van der Waals surface area (Å²) in [4.78, 5) is 20.6. The van der Waals surface area contributed by atoms with Crippen molar-refractivity contribution in [1.29, 1.82) is 0 Å². The Labute approximate surface area is 210 Å². The van der Waals surface area contributed by atoms with E-state index >= 15 is 0 Å². The zero-order valence-corrected chi connectivity index (χ0v) is 20.9. The fourth-order valence-electron chi connectivity index (χ4n) is 6.14. The molecular weight excluding hydrogens is 430 g/mol. The van der Waals surface area contributed by atoms with Crippen molar-refractivity contribution in [3.63, 3.8) is 0 Å². The van der Waals surface area contributed by atoms with Crippen LogP contribution in [0.3, 0.4) is 0 Å². The van der Waals surface area contributed by atoms with Crippen LogP contribution in [0.4, 0.5) is 0 Å². The van der Waals surface area contributed by atoms with Crippen molar-refractivity contribution in [2.45, 2.75) is 89.1 Å². The van der Waals surface area contributed by atoms with Gasteiger partial charge in [0.25, 0.3) is 5.91 Å². The number of nitrogens with two attached hydrogens (primary N) is 1. The third-order valence-electron chi connectivity index (χ3n) is 8.21. The summed E-state index contributed by atoms with van der Waals surface area (Å²) in [6, 6.07) is 18.8. The Kier molecular flexibility index (Phi) is 7.36. The first-order valence-electron chi connectivity index (χ1n) is 13.7. The average Bonchev–Trinajstić information content (AvgIpc) is 3.14. The van der Waals surface area contributed by atoms with E-state index in [-0.39, 0.29) is 5.91 Å². The van der Waals surface area contributed by atoms with E-state index in [4.69, 9.17) is 10.7 Å². The van der Waals surface area contributed by atoms with E-state index in [1.165, 1.54) is 68.1 Å². The van der Waals surface area contributed by atoms with Gasteiger partial charge in [-0.1, -0.05) is 98.7 Å².